The SMILES string of the molecule is CCCCCCCCCCCCCCCCCCCC(O)CC(C)S(=O)(=O)[O-].[Na+]. The topological polar surface area (TPSA) is 77.4 Å². The summed E-state index contributed by atoms with van der Waals surface area (Å²) in [5.41, 5.74) is 0. The molecule has 2 unspecified atom stereocenters. The first-order chi connectivity index (χ1) is 13.4. The van der Waals surface area contributed by atoms with Gasteiger partial charge in [0.2, 0.25) is 0 Å². The Morgan fingerprint density at radius 3 is 1.31 bits per heavy atom. The first kappa shape index (κ1) is 32.1. The molecule has 0 heterocycles. The molecule has 170 valence electrons. The number of aliphatic hydroxyl groups is 1. The van der Waals surface area contributed by atoms with Crippen LogP contribution in [0.15, 0.2) is 0 Å². The second-order valence-corrected chi connectivity index (χ2v) is 10.4. The molecule has 0 rings (SSSR count). The quantitative estimate of drug-likeness (QED) is 0.167. The molecule has 0 fully saturated rings. The van der Waals surface area contributed by atoms with Crippen LogP contribution in [0.25, 0.3) is 0 Å². The molecule has 0 saturated carbocycles. The summed E-state index contributed by atoms with van der Waals surface area (Å²) in [6.45, 7) is 3.64. The molecule has 29 heavy (non-hydrogen) atoms. The van der Waals surface area contributed by atoms with E-state index < -0.39 is 21.5 Å². The van der Waals surface area contributed by atoms with Crippen LogP contribution in [0.1, 0.15) is 136 Å². The van der Waals surface area contributed by atoms with Crippen molar-refractivity contribution in [2.24, 2.45) is 0 Å². The van der Waals surface area contributed by atoms with Crippen molar-refractivity contribution >= 4 is 10.1 Å². The van der Waals surface area contributed by atoms with Crippen LogP contribution in [0.4, 0.5) is 0 Å². The van der Waals surface area contributed by atoms with Gasteiger partial charge in [-0.05, 0) is 19.8 Å². The third-order valence-electron chi connectivity index (χ3n) is 5.74. The largest absolute Gasteiger partial charge is 1.00 e. The minimum atomic E-state index is -4.27. The predicted octanol–water partition coefficient (Wildman–Crippen LogP) is 3.72. The Balaban J connectivity index is 0. The van der Waals surface area contributed by atoms with Crippen LogP contribution < -0.4 is 29.6 Å². The van der Waals surface area contributed by atoms with E-state index in [-0.39, 0.29) is 36.0 Å². The summed E-state index contributed by atoms with van der Waals surface area (Å²) in [5, 5.41) is 8.81. The summed E-state index contributed by atoms with van der Waals surface area (Å²) in [6, 6.07) is 0. The van der Waals surface area contributed by atoms with Gasteiger partial charge in [0.1, 0.15) is 0 Å². The number of hydrogen-bond acceptors (Lipinski definition) is 4. The molecule has 4 nitrogen and oxygen atoms in total. The Morgan fingerprint density at radius 1 is 0.690 bits per heavy atom. The third kappa shape index (κ3) is 23.4. The summed E-state index contributed by atoms with van der Waals surface area (Å²) >= 11 is 0. The van der Waals surface area contributed by atoms with Crippen molar-refractivity contribution in [1.82, 2.24) is 0 Å². The van der Waals surface area contributed by atoms with Gasteiger partial charge < -0.3 is 9.66 Å². The van der Waals surface area contributed by atoms with Crippen LogP contribution in [0, 0.1) is 0 Å². The van der Waals surface area contributed by atoms with Gasteiger partial charge in [-0.1, -0.05) is 116 Å². The minimum absolute atomic E-state index is 0. The number of aliphatic hydroxyl groups excluding tert-OH is 1. The Morgan fingerprint density at radius 2 is 1.00 bits per heavy atom. The zero-order valence-electron chi connectivity index (χ0n) is 19.7. The van der Waals surface area contributed by atoms with Gasteiger partial charge in [-0.2, -0.15) is 0 Å². The fourth-order valence-electron chi connectivity index (χ4n) is 3.72. The summed E-state index contributed by atoms with van der Waals surface area (Å²) in [7, 11) is -4.27. The van der Waals surface area contributed by atoms with Crippen molar-refractivity contribution in [3.8, 4) is 0 Å². The molecule has 0 aliphatic carbocycles. The van der Waals surface area contributed by atoms with Crippen molar-refractivity contribution in [2.45, 2.75) is 147 Å². The molecule has 0 aliphatic rings. The molecular weight excluding hydrogens is 395 g/mol. The Hall–Kier alpha value is 0.870. The molecule has 0 radical (unpaired) electrons. The molecular formula is C23H47NaO4S. The zero-order valence-corrected chi connectivity index (χ0v) is 22.5. The predicted molar refractivity (Wildman–Crippen MR) is 119 cm³/mol. The average Bonchev–Trinajstić information content (AvgIpc) is 2.63. The summed E-state index contributed by atoms with van der Waals surface area (Å²) in [6.07, 6.45) is 22.4. The van der Waals surface area contributed by atoms with Crippen molar-refractivity contribution in [3.63, 3.8) is 0 Å². The van der Waals surface area contributed by atoms with Crippen LogP contribution in [0.3, 0.4) is 0 Å². The van der Waals surface area contributed by atoms with Gasteiger partial charge in [0.05, 0.1) is 16.2 Å². The van der Waals surface area contributed by atoms with Gasteiger partial charge in [0.15, 0.2) is 0 Å². The maximum atomic E-state index is 10.8. The fraction of sp³-hybridized carbons (Fsp3) is 1.00. The first-order valence-corrected chi connectivity index (χ1v) is 13.5. The second kappa shape index (κ2) is 22.1. The zero-order chi connectivity index (χ0) is 21.1. The minimum Gasteiger partial charge on any atom is -0.748 e. The van der Waals surface area contributed by atoms with Crippen LogP contribution in [0.2, 0.25) is 0 Å². The van der Waals surface area contributed by atoms with Gasteiger partial charge in [0.25, 0.3) is 0 Å². The Bertz CT molecular complexity index is 429. The molecule has 0 aromatic heterocycles. The molecule has 0 aromatic rings. The standard InChI is InChI=1S/C23H48O4S.Na/c1-3-4-5-6-7-8-9-10-11-12-13-14-15-16-17-18-19-20-23(24)21-22(2)28(25,26)27;/h22-24H,3-21H2,1-2H3,(H,25,26,27);/q;+1/p-1. The Labute approximate surface area is 204 Å². The van der Waals surface area contributed by atoms with Crippen LogP contribution in [-0.4, -0.2) is 29.4 Å². The van der Waals surface area contributed by atoms with Crippen molar-refractivity contribution < 1.29 is 47.6 Å². The Kier molecular flexibility index (Phi) is 24.4. The van der Waals surface area contributed by atoms with E-state index in [1.54, 1.807) is 0 Å². The summed E-state index contributed by atoms with van der Waals surface area (Å²) in [4.78, 5) is 0. The van der Waals surface area contributed by atoms with Crippen LogP contribution in [0.5, 0.6) is 0 Å². The molecule has 0 aliphatic heterocycles. The third-order valence-corrected chi connectivity index (χ3v) is 6.92. The van der Waals surface area contributed by atoms with E-state index in [0.29, 0.717) is 6.42 Å². The smallest absolute Gasteiger partial charge is 0.748 e. The molecule has 0 amide bonds. The molecule has 6 heteroatoms. The molecule has 1 N–H and O–H groups in total. The van der Waals surface area contributed by atoms with Crippen LogP contribution in [-0.2, 0) is 10.1 Å². The van der Waals surface area contributed by atoms with E-state index in [1.807, 2.05) is 0 Å². The van der Waals surface area contributed by atoms with Crippen molar-refractivity contribution in [2.75, 3.05) is 0 Å². The molecule has 0 bridgehead atoms. The van der Waals surface area contributed by atoms with Gasteiger partial charge in [-0.25, -0.2) is 8.42 Å². The van der Waals surface area contributed by atoms with E-state index in [0.717, 1.165) is 12.8 Å². The van der Waals surface area contributed by atoms with Crippen LogP contribution >= 0.6 is 0 Å². The molecule has 0 spiro atoms. The fourth-order valence-corrected chi connectivity index (χ4v) is 4.18. The molecule has 2 atom stereocenters. The summed E-state index contributed by atoms with van der Waals surface area (Å²) < 4.78 is 32.5. The first-order valence-electron chi connectivity index (χ1n) is 12.0. The second-order valence-electron chi connectivity index (χ2n) is 8.64. The monoisotopic (exact) mass is 442 g/mol. The molecule has 0 aromatic carbocycles. The van der Waals surface area contributed by atoms with Crippen molar-refractivity contribution in [1.29, 1.82) is 0 Å². The van der Waals surface area contributed by atoms with Gasteiger partial charge in [-0.15, -0.1) is 0 Å². The maximum Gasteiger partial charge on any atom is 1.00 e. The normalized spacial score (nSPS) is 13.8. The van der Waals surface area contributed by atoms with E-state index in [1.165, 1.54) is 103 Å². The average molecular weight is 443 g/mol. The van der Waals surface area contributed by atoms with E-state index in [4.69, 9.17) is 0 Å². The van der Waals surface area contributed by atoms with Crippen molar-refractivity contribution in [3.05, 3.63) is 0 Å². The summed E-state index contributed by atoms with van der Waals surface area (Å²) in [5.74, 6) is 0. The van der Waals surface area contributed by atoms with E-state index >= 15 is 0 Å². The number of unbranched alkanes of at least 4 members (excludes halogenated alkanes) is 16. The molecule has 0 saturated heterocycles. The number of hydrogen-bond donors (Lipinski definition) is 1. The maximum absolute atomic E-state index is 10.8. The van der Waals surface area contributed by atoms with Gasteiger partial charge in [-0.3, -0.25) is 0 Å². The van der Waals surface area contributed by atoms with E-state index in [9.17, 15) is 18.1 Å². The number of rotatable bonds is 21. The van der Waals surface area contributed by atoms with Gasteiger partial charge in [0, 0.05) is 5.25 Å². The van der Waals surface area contributed by atoms with Gasteiger partial charge >= 0.3 is 29.6 Å². The van der Waals surface area contributed by atoms with E-state index in [2.05, 4.69) is 6.92 Å².